The van der Waals surface area contributed by atoms with Gasteiger partial charge in [0.1, 0.15) is 11.6 Å². The summed E-state index contributed by atoms with van der Waals surface area (Å²) in [5.41, 5.74) is 7.42. The van der Waals surface area contributed by atoms with Gasteiger partial charge in [0.15, 0.2) is 0 Å². The average molecular weight is 491 g/mol. The van der Waals surface area contributed by atoms with E-state index in [-0.39, 0.29) is 11.8 Å². The minimum atomic E-state index is -0.0370. The number of aryl methyl sites for hydroxylation is 2. The van der Waals surface area contributed by atoms with Crippen molar-refractivity contribution >= 4 is 23.1 Å². The smallest absolute Gasteiger partial charge is 0.230 e. The van der Waals surface area contributed by atoms with E-state index in [1.165, 1.54) is 11.1 Å². The fourth-order valence-electron chi connectivity index (χ4n) is 5.44. The summed E-state index contributed by atoms with van der Waals surface area (Å²) in [6.45, 7) is 3.02. The van der Waals surface area contributed by atoms with Crippen LogP contribution in [0.15, 0.2) is 79.3 Å². The number of hydrogen-bond acceptors (Lipinski definition) is 5. The summed E-state index contributed by atoms with van der Waals surface area (Å²) in [7, 11) is 0. The number of ether oxygens (including phenoxy) is 1. The molecule has 37 heavy (non-hydrogen) atoms. The average Bonchev–Trinajstić information content (AvgIpc) is 3.25. The Morgan fingerprint density at radius 1 is 0.973 bits per heavy atom. The van der Waals surface area contributed by atoms with E-state index in [2.05, 4.69) is 51.7 Å². The number of carbonyl (C=O) groups is 1. The molecule has 0 unspecified atom stereocenters. The van der Waals surface area contributed by atoms with Gasteiger partial charge in [-0.1, -0.05) is 36.4 Å². The number of anilines is 3. The van der Waals surface area contributed by atoms with E-state index in [0.29, 0.717) is 13.2 Å². The Morgan fingerprint density at radius 3 is 2.54 bits per heavy atom. The molecule has 6 rings (SSSR count). The van der Waals surface area contributed by atoms with Gasteiger partial charge < -0.3 is 15.0 Å². The van der Waals surface area contributed by atoms with E-state index in [0.717, 1.165) is 65.3 Å². The lowest BCUT2D eigenvalue weighted by atomic mass is 9.96. The van der Waals surface area contributed by atoms with Crippen molar-refractivity contribution in [2.24, 2.45) is 5.92 Å². The van der Waals surface area contributed by atoms with E-state index in [4.69, 9.17) is 4.74 Å². The maximum atomic E-state index is 14.2. The highest BCUT2D eigenvalue weighted by Crippen LogP contribution is 2.40. The fraction of sp³-hybridized carbons (Fsp3) is 0.258. The number of nitrogens with one attached hydrogen (secondary N) is 1. The maximum Gasteiger partial charge on any atom is 0.230 e. The Bertz CT molecular complexity index is 1420. The third kappa shape index (κ3) is 4.67. The highest BCUT2D eigenvalue weighted by atomic mass is 16.5. The van der Waals surface area contributed by atoms with Crippen molar-refractivity contribution in [2.75, 3.05) is 16.8 Å². The molecule has 1 aliphatic heterocycles. The van der Waals surface area contributed by atoms with Gasteiger partial charge in [0, 0.05) is 29.4 Å². The van der Waals surface area contributed by atoms with E-state index < -0.39 is 0 Å². The Balaban J connectivity index is 1.38. The van der Waals surface area contributed by atoms with E-state index in [1.807, 2.05) is 42.3 Å². The molecule has 0 atom stereocenters. The molecule has 6 heteroatoms. The number of carbonyl (C=O) groups excluding carboxylic acids is 1. The lowest BCUT2D eigenvalue weighted by Crippen LogP contribution is -2.36. The molecule has 1 amide bonds. The summed E-state index contributed by atoms with van der Waals surface area (Å²) in [4.78, 5) is 25.1. The van der Waals surface area contributed by atoms with E-state index >= 15 is 0 Å². The Hall–Kier alpha value is -4.19. The van der Waals surface area contributed by atoms with Crippen LogP contribution in [0.25, 0.3) is 11.1 Å². The van der Waals surface area contributed by atoms with E-state index in [9.17, 15) is 4.79 Å². The summed E-state index contributed by atoms with van der Waals surface area (Å²) in [5, 5.41) is 3.48. The number of nitrogens with zero attached hydrogens (tertiary/aromatic N) is 3. The van der Waals surface area contributed by atoms with Crippen molar-refractivity contribution in [1.82, 2.24) is 9.97 Å². The molecule has 1 N–H and O–H groups in total. The van der Waals surface area contributed by atoms with Crippen LogP contribution in [0.3, 0.4) is 0 Å². The quantitative estimate of drug-likeness (QED) is 0.339. The van der Waals surface area contributed by atoms with Crippen LogP contribution in [-0.2, 0) is 24.2 Å². The monoisotopic (exact) mass is 490 g/mol. The normalized spacial score (nSPS) is 14.9. The van der Waals surface area contributed by atoms with Crippen LogP contribution in [0.2, 0.25) is 0 Å². The Kier molecular flexibility index (Phi) is 6.31. The first-order chi connectivity index (χ1) is 18.2. The van der Waals surface area contributed by atoms with Gasteiger partial charge in [-0.3, -0.25) is 9.78 Å². The maximum absolute atomic E-state index is 14.2. The van der Waals surface area contributed by atoms with Crippen LogP contribution < -0.4 is 15.0 Å². The molecule has 0 saturated heterocycles. The second-order valence-corrected chi connectivity index (χ2v) is 9.68. The summed E-state index contributed by atoms with van der Waals surface area (Å²) >= 11 is 0. The van der Waals surface area contributed by atoms with Gasteiger partial charge in [-0.15, -0.1) is 0 Å². The minimum Gasteiger partial charge on any atom is -0.492 e. The van der Waals surface area contributed by atoms with Crippen molar-refractivity contribution in [3.8, 4) is 16.9 Å². The molecule has 0 saturated carbocycles. The molecule has 0 bridgehead atoms. The molecule has 0 radical (unpaired) electrons. The van der Waals surface area contributed by atoms with Crippen molar-refractivity contribution in [3.05, 3.63) is 95.9 Å². The second kappa shape index (κ2) is 10.1. The second-order valence-electron chi connectivity index (χ2n) is 9.68. The highest BCUT2D eigenvalue weighted by Gasteiger charge is 2.31. The van der Waals surface area contributed by atoms with Gasteiger partial charge in [-0.05, 0) is 73.6 Å². The number of fused-ring (bicyclic) bond motifs is 3. The molecule has 3 heterocycles. The predicted octanol–water partition coefficient (Wildman–Crippen LogP) is 6.33. The molecule has 2 aromatic carbocycles. The number of rotatable bonds is 4. The first-order valence-electron chi connectivity index (χ1n) is 13.0. The molecular weight excluding hydrogens is 460 g/mol. The van der Waals surface area contributed by atoms with Crippen LogP contribution in [0.5, 0.6) is 5.75 Å². The van der Waals surface area contributed by atoms with Crippen LogP contribution in [0, 0.1) is 5.92 Å². The molecule has 1 aliphatic carbocycles. The van der Waals surface area contributed by atoms with Crippen molar-refractivity contribution in [3.63, 3.8) is 0 Å². The Labute approximate surface area is 217 Å². The molecule has 0 fully saturated rings. The van der Waals surface area contributed by atoms with Gasteiger partial charge in [-0.25, -0.2) is 4.98 Å². The zero-order valence-corrected chi connectivity index (χ0v) is 21.0. The predicted molar refractivity (Wildman–Crippen MR) is 146 cm³/mol. The molecule has 2 aliphatic rings. The number of hydrogen-bond donors (Lipinski definition) is 1. The largest absolute Gasteiger partial charge is 0.492 e. The minimum absolute atomic E-state index is 0.0370. The molecular formula is C31H30N4O2. The summed E-state index contributed by atoms with van der Waals surface area (Å²) < 4.78 is 5.67. The molecule has 6 nitrogen and oxygen atoms in total. The lowest BCUT2D eigenvalue weighted by Gasteiger charge is -2.27. The highest BCUT2D eigenvalue weighted by molar-refractivity contribution is 6.00. The van der Waals surface area contributed by atoms with Crippen molar-refractivity contribution < 1.29 is 9.53 Å². The third-order valence-corrected chi connectivity index (χ3v) is 7.38. The summed E-state index contributed by atoms with van der Waals surface area (Å²) in [6.07, 6.45) is 8.91. The Morgan fingerprint density at radius 2 is 1.76 bits per heavy atom. The first-order valence-corrected chi connectivity index (χ1v) is 13.0. The van der Waals surface area contributed by atoms with Crippen LogP contribution in [0.4, 0.5) is 17.2 Å². The molecule has 0 spiro atoms. The third-order valence-electron chi connectivity index (χ3n) is 7.38. The van der Waals surface area contributed by atoms with Crippen LogP contribution >= 0.6 is 0 Å². The van der Waals surface area contributed by atoms with Gasteiger partial charge in [0.25, 0.3) is 0 Å². The van der Waals surface area contributed by atoms with Crippen molar-refractivity contribution in [2.45, 2.75) is 39.2 Å². The molecule has 186 valence electrons. The molecule has 4 aromatic rings. The first kappa shape index (κ1) is 23.2. The van der Waals surface area contributed by atoms with E-state index in [1.54, 1.807) is 12.4 Å². The standard InChI is InChI=1S/C31H30N4O2/c1-2-37-27-16-26(18-32-19-27)24-13-14-28-29(17-24)35(20-25-8-5-15-33-30(25)34-28)31(36)23-11-9-21-6-3-4-7-22(21)10-12-23/h3-8,13-19,23H,2,9-12,20H2,1H3,(H,33,34). The van der Waals surface area contributed by atoms with Crippen LogP contribution in [-0.4, -0.2) is 22.5 Å². The van der Waals surface area contributed by atoms with Crippen LogP contribution in [0.1, 0.15) is 36.5 Å². The van der Waals surface area contributed by atoms with Gasteiger partial charge in [0.05, 0.1) is 30.7 Å². The number of amides is 1. The fourth-order valence-corrected chi connectivity index (χ4v) is 5.44. The lowest BCUT2D eigenvalue weighted by molar-refractivity contribution is -0.122. The zero-order valence-electron chi connectivity index (χ0n) is 21.0. The van der Waals surface area contributed by atoms with Gasteiger partial charge in [0.2, 0.25) is 5.91 Å². The van der Waals surface area contributed by atoms with Crippen molar-refractivity contribution in [1.29, 1.82) is 0 Å². The number of aromatic nitrogens is 2. The topological polar surface area (TPSA) is 67.3 Å². The van der Waals surface area contributed by atoms with Gasteiger partial charge >= 0.3 is 0 Å². The van der Waals surface area contributed by atoms with Gasteiger partial charge in [-0.2, -0.15) is 0 Å². The SMILES string of the molecule is CCOc1cncc(-c2ccc3c(c2)N(C(=O)C2CCc4ccccc4CC2)Cc2cccnc2N3)c1. The molecule has 2 aromatic heterocycles. The summed E-state index contributed by atoms with van der Waals surface area (Å²) in [5.74, 6) is 1.66. The number of benzene rings is 2. The zero-order chi connectivity index (χ0) is 25.2. The summed E-state index contributed by atoms with van der Waals surface area (Å²) in [6, 6.07) is 20.7. The number of pyridine rings is 2.